The van der Waals surface area contributed by atoms with Gasteiger partial charge in [0, 0.05) is 19.2 Å². The maximum atomic E-state index is 13.1. The van der Waals surface area contributed by atoms with Gasteiger partial charge in [-0.15, -0.1) is 0 Å². The highest BCUT2D eigenvalue weighted by molar-refractivity contribution is 7.89. The second-order valence-electron chi connectivity index (χ2n) is 8.44. The second-order valence-corrected chi connectivity index (χ2v) is 10.4. The number of methoxy groups -OCH3 is 1. The highest BCUT2D eigenvalue weighted by atomic mass is 32.2. The molecule has 35 heavy (non-hydrogen) atoms. The van der Waals surface area contributed by atoms with Crippen LogP contribution in [0.3, 0.4) is 0 Å². The summed E-state index contributed by atoms with van der Waals surface area (Å²) >= 11 is 0. The molecule has 10 nitrogen and oxygen atoms in total. The van der Waals surface area contributed by atoms with Crippen LogP contribution in [0.1, 0.15) is 18.5 Å². The van der Waals surface area contributed by atoms with E-state index in [9.17, 15) is 18.3 Å². The number of ether oxygens (including phenoxy) is 1. The van der Waals surface area contributed by atoms with E-state index in [1.807, 2.05) is 30.3 Å². The number of piperidine rings is 1. The molecule has 0 bridgehead atoms. The molecule has 4 aromatic rings. The van der Waals surface area contributed by atoms with Crippen molar-refractivity contribution in [3.05, 3.63) is 64.6 Å². The molecule has 1 aliphatic rings. The summed E-state index contributed by atoms with van der Waals surface area (Å²) in [5, 5.41) is 14.2. The molecular formula is C24H25N5O5S. The van der Waals surface area contributed by atoms with E-state index < -0.39 is 16.1 Å². The van der Waals surface area contributed by atoms with Gasteiger partial charge in [-0.2, -0.15) is 9.40 Å². The lowest BCUT2D eigenvalue weighted by atomic mass is 10.1. The minimum atomic E-state index is -3.76. The van der Waals surface area contributed by atoms with Gasteiger partial charge in [-0.3, -0.25) is 4.79 Å². The van der Waals surface area contributed by atoms with Crippen molar-refractivity contribution in [1.82, 2.24) is 24.1 Å². The number of para-hydroxylation sites is 1. The minimum absolute atomic E-state index is 0.0750. The van der Waals surface area contributed by atoms with E-state index in [1.165, 1.54) is 23.5 Å². The zero-order valence-electron chi connectivity index (χ0n) is 19.3. The predicted molar refractivity (Wildman–Crippen MR) is 130 cm³/mol. The van der Waals surface area contributed by atoms with E-state index in [-0.39, 0.29) is 35.1 Å². The van der Waals surface area contributed by atoms with E-state index in [2.05, 4.69) is 15.1 Å². The lowest BCUT2D eigenvalue weighted by Gasteiger charge is -2.28. The lowest BCUT2D eigenvalue weighted by molar-refractivity contribution is 0.113. The summed E-state index contributed by atoms with van der Waals surface area (Å²) in [7, 11) is -2.32. The Morgan fingerprint density at radius 1 is 1.11 bits per heavy atom. The van der Waals surface area contributed by atoms with Crippen molar-refractivity contribution in [2.75, 3.05) is 20.2 Å². The molecule has 0 aliphatic carbocycles. The van der Waals surface area contributed by atoms with E-state index in [1.54, 1.807) is 17.7 Å². The SMILES string of the molecule is COc1cc(S(=O)(=O)N2CCC(O)CC2)ccc1-c1nc2c(C)nn(-c3ccccc3)c2c(=O)[nH]1. The van der Waals surface area contributed by atoms with Crippen molar-refractivity contribution in [2.24, 2.45) is 0 Å². The highest BCUT2D eigenvalue weighted by Gasteiger charge is 2.29. The van der Waals surface area contributed by atoms with Crippen LogP contribution < -0.4 is 10.3 Å². The Morgan fingerprint density at radius 2 is 1.83 bits per heavy atom. The number of rotatable bonds is 5. The number of hydrogen-bond donors (Lipinski definition) is 2. The summed E-state index contributed by atoms with van der Waals surface area (Å²) in [6.07, 6.45) is 0.316. The monoisotopic (exact) mass is 495 g/mol. The third kappa shape index (κ3) is 4.11. The van der Waals surface area contributed by atoms with Crippen LogP contribution in [0.2, 0.25) is 0 Å². The number of fused-ring (bicyclic) bond motifs is 1. The van der Waals surface area contributed by atoms with E-state index in [0.29, 0.717) is 35.1 Å². The van der Waals surface area contributed by atoms with Crippen LogP contribution in [0.4, 0.5) is 0 Å². The van der Waals surface area contributed by atoms with Crippen LogP contribution in [0.5, 0.6) is 5.75 Å². The lowest BCUT2D eigenvalue weighted by Crippen LogP contribution is -2.39. The zero-order valence-corrected chi connectivity index (χ0v) is 20.1. The molecule has 1 fully saturated rings. The van der Waals surface area contributed by atoms with Crippen LogP contribution in [0.25, 0.3) is 28.1 Å². The van der Waals surface area contributed by atoms with Gasteiger partial charge < -0.3 is 14.8 Å². The maximum Gasteiger partial charge on any atom is 0.277 e. The van der Waals surface area contributed by atoms with Crippen molar-refractivity contribution in [3.63, 3.8) is 0 Å². The van der Waals surface area contributed by atoms with Crippen LogP contribution in [-0.2, 0) is 10.0 Å². The number of aryl methyl sites for hydroxylation is 1. The van der Waals surface area contributed by atoms with Crippen molar-refractivity contribution >= 4 is 21.1 Å². The summed E-state index contributed by atoms with van der Waals surface area (Å²) in [5.41, 5.74) is 2.16. The molecule has 3 heterocycles. The van der Waals surface area contributed by atoms with Gasteiger partial charge >= 0.3 is 0 Å². The molecule has 5 rings (SSSR count). The van der Waals surface area contributed by atoms with E-state index in [4.69, 9.17) is 4.74 Å². The molecule has 0 amide bonds. The van der Waals surface area contributed by atoms with Crippen LogP contribution >= 0.6 is 0 Å². The average Bonchev–Trinajstić information content (AvgIpc) is 3.21. The number of hydrogen-bond acceptors (Lipinski definition) is 7. The molecule has 2 N–H and O–H groups in total. The predicted octanol–water partition coefficient (Wildman–Crippen LogP) is 2.24. The molecule has 0 atom stereocenters. The molecule has 2 aromatic carbocycles. The number of H-pyrrole nitrogens is 1. The van der Waals surface area contributed by atoms with Crippen LogP contribution in [0.15, 0.2) is 58.2 Å². The molecule has 182 valence electrons. The Hall–Kier alpha value is -3.54. The number of benzene rings is 2. The number of nitrogens with one attached hydrogen (secondary N) is 1. The molecular weight excluding hydrogens is 470 g/mol. The summed E-state index contributed by atoms with van der Waals surface area (Å²) < 4.78 is 34.7. The number of aliphatic hydroxyl groups is 1. The summed E-state index contributed by atoms with van der Waals surface area (Å²) in [6, 6.07) is 13.8. The molecule has 1 saturated heterocycles. The normalized spacial score (nSPS) is 15.5. The van der Waals surface area contributed by atoms with Gasteiger partial charge in [0.15, 0.2) is 5.52 Å². The van der Waals surface area contributed by atoms with Gasteiger partial charge in [0.2, 0.25) is 10.0 Å². The van der Waals surface area contributed by atoms with Crippen molar-refractivity contribution in [1.29, 1.82) is 0 Å². The average molecular weight is 496 g/mol. The van der Waals surface area contributed by atoms with Gasteiger partial charge in [-0.25, -0.2) is 18.1 Å². The van der Waals surface area contributed by atoms with Crippen LogP contribution in [0, 0.1) is 6.92 Å². The minimum Gasteiger partial charge on any atom is -0.496 e. The molecule has 1 aliphatic heterocycles. The first-order valence-corrected chi connectivity index (χ1v) is 12.7. The largest absolute Gasteiger partial charge is 0.496 e. The van der Waals surface area contributed by atoms with Crippen molar-refractivity contribution in [2.45, 2.75) is 30.8 Å². The number of sulfonamides is 1. The summed E-state index contributed by atoms with van der Waals surface area (Å²) in [4.78, 5) is 20.6. The Bertz CT molecular complexity index is 1550. The number of aromatic amines is 1. The first kappa shape index (κ1) is 23.2. The van der Waals surface area contributed by atoms with Gasteiger partial charge in [-0.05, 0) is 44.0 Å². The summed E-state index contributed by atoms with van der Waals surface area (Å²) in [6.45, 7) is 2.29. The Labute approximate surface area is 201 Å². The first-order chi connectivity index (χ1) is 16.8. The molecule has 0 spiro atoms. The van der Waals surface area contributed by atoms with Crippen molar-refractivity contribution in [3.8, 4) is 22.8 Å². The molecule has 0 unspecified atom stereocenters. The standard InChI is InChI=1S/C24H25N5O5S/c1-15-21-22(29(27-15)16-6-4-3-5-7-16)24(31)26-23(25-21)19-9-8-18(14-20(19)34-2)35(32,33)28-12-10-17(30)11-13-28/h3-9,14,17,30H,10-13H2,1-2H3,(H,25,26,31). The molecule has 0 saturated carbocycles. The third-order valence-corrected chi connectivity index (χ3v) is 8.08. The Balaban J connectivity index is 1.57. The van der Waals surface area contributed by atoms with Crippen molar-refractivity contribution < 1.29 is 18.3 Å². The second kappa shape index (κ2) is 8.91. The fraction of sp³-hybridized carbons (Fsp3) is 0.292. The molecule has 11 heteroatoms. The van der Waals surface area contributed by atoms with Gasteiger partial charge in [0.1, 0.15) is 17.1 Å². The Kier molecular flexibility index (Phi) is 5.91. The number of aromatic nitrogens is 4. The Morgan fingerprint density at radius 3 is 2.51 bits per heavy atom. The van der Waals surface area contributed by atoms with E-state index >= 15 is 0 Å². The topological polar surface area (TPSA) is 130 Å². The number of aliphatic hydroxyl groups excluding tert-OH is 1. The van der Waals surface area contributed by atoms with Gasteiger partial charge in [-0.1, -0.05) is 18.2 Å². The highest BCUT2D eigenvalue weighted by Crippen LogP contribution is 2.32. The smallest absolute Gasteiger partial charge is 0.277 e. The molecule has 0 radical (unpaired) electrons. The first-order valence-electron chi connectivity index (χ1n) is 11.2. The third-order valence-electron chi connectivity index (χ3n) is 6.19. The zero-order chi connectivity index (χ0) is 24.7. The van der Waals surface area contributed by atoms with Gasteiger partial charge in [0.05, 0.1) is 35.1 Å². The fourth-order valence-corrected chi connectivity index (χ4v) is 5.79. The van der Waals surface area contributed by atoms with E-state index in [0.717, 1.165) is 5.69 Å². The summed E-state index contributed by atoms with van der Waals surface area (Å²) in [5.74, 6) is 0.513. The maximum absolute atomic E-state index is 13.1. The fourth-order valence-electron chi connectivity index (χ4n) is 4.31. The van der Waals surface area contributed by atoms with Crippen LogP contribution in [-0.4, -0.2) is 63.9 Å². The van der Waals surface area contributed by atoms with Gasteiger partial charge in [0.25, 0.3) is 5.56 Å². The quantitative estimate of drug-likeness (QED) is 0.434. The molecule has 2 aromatic heterocycles. The number of nitrogens with zero attached hydrogens (tertiary/aromatic N) is 4.